The summed E-state index contributed by atoms with van der Waals surface area (Å²) in [7, 11) is 0. The molecule has 4 rings (SSSR count). The molecule has 7 heteroatoms. The second-order valence-electron chi connectivity index (χ2n) is 6.86. The molecule has 150 valence electrons. The fraction of sp³-hybridized carbons (Fsp3) is 0.130. The summed E-state index contributed by atoms with van der Waals surface area (Å²) in [6.45, 7) is 3.91. The highest BCUT2D eigenvalue weighted by Gasteiger charge is 2.16. The first-order valence-corrected chi connectivity index (χ1v) is 9.52. The summed E-state index contributed by atoms with van der Waals surface area (Å²) in [5.41, 5.74) is 2.47. The summed E-state index contributed by atoms with van der Waals surface area (Å²) in [6.07, 6.45) is 3.41. The fourth-order valence-corrected chi connectivity index (χ4v) is 2.88. The highest BCUT2D eigenvalue weighted by atomic mass is 16.5. The Morgan fingerprint density at radius 1 is 1.03 bits per heavy atom. The van der Waals surface area contributed by atoms with Gasteiger partial charge >= 0.3 is 0 Å². The highest BCUT2D eigenvalue weighted by molar-refractivity contribution is 6.06. The molecule has 0 saturated carbocycles. The van der Waals surface area contributed by atoms with E-state index in [-0.39, 0.29) is 12.0 Å². The summed E-state index contributed by atoms with van der Waals surface area (Å²) in [5, 5.41) is 6.94. The van der Waals surface area contributed by atoms with E-state index in [2.05, 4.69) is 20.4 Å². The summed E-state index contributed by atoms with van der Waals surface area (Å²) in [5.74, 6) is 1.21. The van der Waals surface area contributed by atoms with Crippen LogP contribution in [0, 0.1) is 0 Å². The average molecular weight is 400 g/mol. The molecule has 0 aliphatic heterocycles. The van der Waals surface area contributed by atoms with E-state index in [4.69, 9.17) is 9.26 Å². The maximum absolute atomic E-state index is 12.7. The van der Waals surface area contributed by atoms with Crippen molar-refractivity contribution in [3.63, 3.8) is 0 Å². The van der Waals surface area contributed by atoms with Crippen molar-refractivity contribution < 1.29 is 14.1 Å². The van der Waals surface area contributed by atoms with Gasteiger partial charge in [0.05, 0.1) is 17.4 Å². The van der Waals surface area contributed by atoms with Crippen LogP contribution in [0.5, 0.6) is 5.75 Å². The van der Waals surface area contributed by atoms with Crippen molar-refractivity contribution in [2.24, 2.45) is 0 Å². The van der Waals surface area contributed by atoms with E-state index in [1.165, 1.54) is 0 Å². The van der Waals surface area contributed by atoms with Crippen molar-refractivity contribution in [2.45, 2.75) is 20.0 Å². The van der Waals surface area contributed by atoms with Crippen LogP contribution in [0.25, 0.3) is 22.8 Å². The van der Waals surface area contributed by atoms with Crippen LogP contribution in [0.2, 0.25) is 0 Å². The van der Waals surface area contributed by atoms with E-state index in [0.717, 1.165) is 11.3 Å². The first-order valence-electron chi connectivity index (χ1n) is 9.52. The van der Waals surface area contributed by atoms with Crippen LogP contribution >= 0.6 is 0 Å². The molecule has 7 nitrogen and oxygen atoms in total. The van der Waals surface area contributed by atoms with Gasteiger partial charge in [-0.1, -0.05) is 17.3 Å². The third-order valence-electron chi connectivity index (χ3n) is 4.24. The van der Waals surface area contributed by atoms with Gasteiger partial charge in [-0.3, -0.25) is 9.78 Å². The second kappa shape index (κ2) is 8.57. The molecule has 2 aromatic heterocycles. The lowest BCUT2D eigenvalue weighted by Crippen LogP contribution is -2.13. The van der Waals surface area contributed by atoms with Gasteiger partial charge in [-0.15, -0.1) is 0 Å². The molecule has 0 atom stereocenters. The molecule has 0 aliphatic carbocycles. The number of hydrogen-bond acceptors (Lipinski definition) is 6. The van der Waals surface area contributed by atoms with E-state index in [1.54, 1.807) is 48.8 Å². The number of nitrogens with one attached hydrogen (secondary N) is 1. The molecule has 0 bridgehead atoms. The number of aromatic nitrogens is 3. The molecule has 1 amide bonds. The Labute approximate surface area is 173 Å². The van der Waals surface area contributed by atoms with Crippen molar-refractivity contribution in [3.8, 4) is 28.6 Å². The Morgan fingerprint density at radius 2 is 1.83 bits per heavy atom. The third kappa shape index (κ3) is 4.35. The van der Waals surface area contributed by atoms with Crippen LogP contribution in [0.1, 0.15) is 24.2 Å². The molecular weight excluding hydrogens is 380 g/mol. The predicted molar refractivity (Wildman–Crippen MR) is 113 cm³/mol. The number of para-hydroxylation sites is 1. The summed E-state index contributed by atoms with van der Waals surface area (Å²) < 4.78 is 11.0. The molecule has 2 aromatic carbocycles. The standard InChI is InChI=1S/C23H20N4O3/c1-15(2)29-18-11-9-16(10-12-18)22(28)25-20-8-4-3-7-19(20)23-26-21(27-30-23)17-6-5-13-24-14-17/h3-15H,1-2H3,(H,25,28). The van der Waals surface area contributed by atoms with Gasteiger partial charge in [-0.2, -0.15) is 4.98 Å². The van der Waals surface area contributed by atoms with E-state index in [0.29, 0.717) is 28.5 Å². The number of ether oxygens (including phenoxy) is 1. The molecule has 0 aliphatic rings. The Balaban J connectivity index is 1.55. The average Bonchev–Trinajstić information content (AvgIpc) is 3.25. The number of benzene rings is 2. The number of anilines is 1. The van der Waals surface area contributed by atoms with Crippen molar-refractivity contribution in [3.05, 3.63) is 78.6 Å². The van der Waals surface area contributed by atoms with Crippen LogP contribution in [0.3, 0.4) is 0 Å². The largest absolute Gasteiger partial charge is 0.491 e. The zero-order valence-corrected chi connectivity index (χ0v) is 16.6. The molecule has 1 N–H and O–H groups in total. The first-order chi connectivity index (χ1) is 14.6. The maximum atomic E-state index is 12.7. The van der Waals surface area contributed by atoms with Crippen LogP contribution in [0.15, 0.2) is 77.6 Å². The Kier molecular flexibility index (Phi) is 5.52. The SMILES string of the molecule is CC(C)Oc1ccc(C(=O)Nc2ccccc2-c2nc(-c3cccnc3)no2)cc1. The molecule has 0 spiro atoms. The van der Waals surface area contributed by atoms with Gasteiger partial charge in [0.1, 0.15) is 5.75 Å². The third-order valence-corrected chi connectivity index (χ3v) is 4.24. The molecule has 30 heavy (non-hydrogen) atoms. The minimum Gasteiger partial charge on any atom is -0.491 e. The number of carbonyl (C=O) groups excluding carboxylic acids is 1. The molecule has 0 radical (unpaired) electrons. The zero-order valence-electron chi connectivity index (χ0n) is 16.6. The van der Waals surface area contributed by atoms with Crippen molar-refractivity contribution in [2.75, 3.05) is 5.32 Å². The lowest BCUT2D eigenvalue weighted by Gasteiger charge is -2.11. The van der Waals surface area contributed by atoms with Gasteiger partial charge in [0.15, 0.2) is 0 Å². The van der Waals surface area contributed by atoms with Crippen molar-refractivity contribution >= 4 is 11.6 Å². The van der Waals surface area contributed by atoms with Gasteiger partial charge in [0, 0.05) is 23.5 Å². The summed E-state index contributed by atoms with van der Waals surface area (Å²) in [6, 6.07) is 17.9. The van der Waals surface area contributed by atoms with Gasteiger partial charge in [0.2, 0.25) is 5.82 Å². The van der Waals surface area contributed by atoms with Crippen LogP contribution in [-0.2, 0) is 0 Å². The van der Waals surface area contributed by atoms with Crippen LogP contribution < -0.4 is 10.1 Å². The van der Waals surface area contributed by atoms with E-state index in [9.17, 15) is 4.79 Å². The Morgan fingerprint density at radius 3 is 2.57 bits per heavy atom. The Hall–Kier alpha value is -4.00. The zero-order chi connectivity index (χ0) is 20.9. The molecule has 0 unspecified atom stereocenters. The summed E-state index contributed by atoms with van der Waals surface area (Å²) in [4.78, 5) is 21.2. The van der Waals surface area contributed by atoms with Gasteiger partial charge in [-0.05, 0) is 62.4 Å². The monoisotopic (exact) mass is 400 g/mol. The van der Waals surface area contributed by atoms with Crippen molar-refractivity contribution in [1.29, 1.82) is 0 Å². The van der Waals surface area contributed by atoms with Gasteiger partial charge in [-0.25, -0.2) is 0 Å². The number of rotatable bonds is 6. The number of pyridine rings is 1. The Bertz CT molecular complexity index is 1140. The van der Waals surface area contributed by atoms with Crippen molar-refractivity contribution in [1.82, 2.24) is 15.1 Å². The smallest absolute Gasteiger partial charge is 0.260 e. The van der Waals surface area contributed by atoms with Gasteiger partial charge < -0.3 is 14.6 Å². The second-order valence-corrected chi connectivity index (χ2v) is 6.86. The lowest BCUT2D eigenvalue weighted by molar-refractivity contribution is 0.102. The molecule has 0 saturated heterocycles. The van der Waals surface area contributed by atoms with Gasteiger partial charge in [0.25, 0.3) is 11.8 Å². The summed E-state index contributed by atoms with van der Waals surface area (Å²) >= 11 is 0. The first kappa shape index (κ1) is 19.3. The lowest BCUT2D eigenvalue weighted by atomic mass is 10.1. The molecule has 4 aromatic rings. The number of amides is 1. The quantitative estimate of drug-likeness (QED) is 0.498. The maximum Gasteiger partial charge on any atom is 0.260 e. The molecular formula is C23H20N4O3. The van der Waals surface area contributed by atoms with Crippen LogP contribution in [0.4, 0.5) is 5.69 Å². The van der Waals surface area contributed by atoms with E-state index < -0.39 is 0 Å². The number of nitrogens with zero attached hydrogens (tertiary/aromatic N) is 3. The van der Waals surface area contributed by atoms with E-state index in [1.807, 2.05) is 38.1 Å². The minimum atomic E-state index is -0.245. The number of hydrogen-bond donors (Lipinski definition) is 1. The molecule has 2 heterocycles. The normalized spacial score (nSPS) is 10.8. The highest BCUT2D eigenvalue weighted by Crippen LogP contribution is 2.28. The van der Waals surface area contributed by atoms with Crippen LogP contribution in [-0.4, -0.2) is 27.1 Å². The number of carbonyl (C=O) groups is 1. The van der Waals surface area contributed by atoms with E-state index >= 15 is 0 Å². The predicted octanol–water partition coefficient (Wildman–Crippen LogP) is 4.84. The molecule has 0 fully saturated rings. The topological polar surface area (TPSA) is 90.1 Å². The fourth-order valence-electron chi connectivity index (χ4n) is 2.88. The minimum absolute atomic E-state index is 0.0718.